The van der Waals surface area contributed by atoms with Gasteiger partial charge in [-0.15, -0.1) is 0 Å². The van der Waals surface area contributed by atoms with E-state index in [9.17, 15) is 0 Å². The van der Waals surface area contributed by atoms with Crippen LogP contribution in [0.1, 0.15) is 0 Å². The van der Waals surface area contributed by atoms with Crippen LogP contribution in [0.4, 0.5) is 0 Å². The zero-order chi connectivity index (χ0) is 12.0. The summed E-state index contributed by atoms with van der Waals surface area (Å²) in [6.07, 6.45) is 13.6. The van der Waals surface area contributed by atoms with Gasteiger partial charge >= 0.3 is 25.2 Å². The van der Waals surface area contributed by atoms with Crippen LogP contribution in [0.15, 0.2) is 0 Å². The molecule has 0 nitrogen and oxygen atoms in total. The molecule has 0 saturated heterocycles. The van der Waals surface area contributed by atoms with Crippen LogP contribution >= 0.6 is 68.1 Å². The second kappa shape index (κ2) is 390. The maximum atomic E-state index is 4.39. The molecule has 0 aliphatic rings. The number of rotatable bonds is 0. The molecule has 0 aliphatic heterocycles. The Hall–Kier alpha value is 2.26. The summed E-state index contributed by atoms with van der Waals surface area (Å²) in [6.45, 7) is 0. The number of hydrogen-bond acceptors (Lipinski definition) is 0. The summed E-state index contributed by atoms with van der Waals surface area (Å²) in [4.78, 5) is 0. The fourth-order valence-corrected chi connectivity index (χ4v) is 0. The summed E-state index contributed by atoms with van der Waals surface area (Å²) < 4.78 is 0. The van der Waals surface area contributed by atoms with Crippen LogP contribution < -0.4 is 0 Å². The van der Waals surface area contributed by atoms with E-state index in [1.807, 2.05) is 0 Å². The van der Waals surface area contributed by atoms with Crippen molar-refractivity contribution in [1.82, 2.24) is 0 Å². The van der Waals surface area contributed by atoms with Crippen LogP contribution in [-0.2, 0) is 15.1 Å². The van der Waals surface area contributed by atoms with E-state index in [0.717, 1.165) is 0 Å². The Kier molecular flexibility index (Phi) is 1200. The normalized spacial score (nSPS) is 3.08. The zero-order valence-corrected chi connectivity index (χ0v) is 11.6. The van der Waals surface area contributed by atoms with Crippen molar-refractivity contribution in [2.45, 2.75) is 0 Å². The molecule has 0 aliphatic carbocycles. The fourth-order valence-electron chi connectivity index (χ4n) is 0. The van der Waals surface area contributed by atoms with Gasteiger partial charge in [0.2, 0.25) is 0 Å². The first-order chi connectivity index (χ1) is 6.00. The van der Waals surface area contributed by atoms with Gasteiger partial charge in [0.05, 0.1) is 0 Å². The molecule has 0 saturated carbocycles. The third-order valence-electron chi connectivity index (χ3n) is 0. The quantitative estimate of drug-likeness (QED) is 0.386. The summed E-state index contributed by atoms with van der Waals surface area (Å²) in [5.41, 5.74) is 0. The van der Waals surface area contributed by atoms with Crippen molar-refractivity contribution in [3.63, 3.8) is 0 Å². The van der Waals surface area contributed by atoms with Gasteiger partial charge in [-0.25, -0.2) is 0 Å². The van der Waals surface area contributed by atoms with E-state index < -0.39 is 0 Å². The molecule has 12 heavy (non-hydrogen) atoms. The molecule has 0 heterocycles. The molecule has 0 fully saturated rings. The monoisotopic (exact) mass is 343 g/mol. The molecule has 0 unspecified atom stereocenters. The van der Waals surface area contributed by atoms with Crippen LogP contribution in [0, 0.1) is 31.9 Å². The van der Waals surface area contributed by atoms with Gasteiger partial charge in [0.25, 0.3) is 0 Å². The van der Waals surface area contributed by atoms with Gasteiger partial charge in [-0.3, -0.25) is 31.9 Å². The van der Waals surface area contributed by atoms with Gasteiger partial charge in [-0.05, 0) is 0 Å². The van der Waals surface area contributed by atoms with Crippen LogP contribution in [0.2, 0.25) is 0 Å². The van der Waals surface area contributed by atoms with E-state index in [-0.39, 0.29) is 0 Å². The van der Waals surface area contributed by atoms with Crippen LogP contribution in [0.3, 0.4) is 0 Å². The van der Waals surface area contributed by atoms with E-state index in [1.54, 1.807) is 0 Å². The van der Waals surface area contributed by atoms with Gasteiger partial charge in [0.15, 0.2) is 0 Å². The molecule has 0 aromatic carbocycles. The van der Waals surface area contributed by atoms with E-state index in [0.29, 0.717) is 0 Å². The summed E-state index contributed by atoms with van der Waals surface area (Å²) in [5, 5.41) is 0. The third-order valence-corrected chi connectivity index (χ3v) is 0. The van der Waals surface area contributed by atoms with Gasteiger partial charge in [0.1, 0.15) is 0 Å². The first-order valence-electron chi connectivity index (χ1n) is 1.45. The van der Waals surface area contributed by atoms with Crippen molar-refractivity contribution in [2.24, 2.45) is 0 Å². The molecule has 0 rings (SSSR count). The first kappa shape index (κ1) is 36.7. The summed E-state index contributed by atoms with van der Waals surface area (Å²) in [6, 6.07) is 0. The van der Waals surface area contributed by atoms with Gasteiger partial charge in [-0.2, -0.15) is 0 Å². The Morgan fingerprint density at radius 3 is 0.417 bits per heavy atom. The first-order valence-corrected chi connectivity index (χ1v) is 5.42. The standard InChI is InChI=1S/5CH2Cl.ClH.Cu/c5*1-2;;/h5*1H2;1H;/q5*-1;;+1/p-1. The van der Waals surface area contributed by atoms with Crippen molar-refractivity contribution in [3.05, 3.63) is 31.9 Å². The Morgan fingerprint density at radius 1 is 0.417 bits per heavy atom. The summed E-state index contributed by atoms with van der Waals surface area (Å²) >= 11 is 25.6. The predicted octanol–water partition coefficient (Wildman–Crippen LogP) is 5.77. The second-order valence-corrected chi connectivity index (χ2v) is 0. The Morgan fingerprint density at radius 2 is 0.417 bits per heavy atom. The minimum atomic E-state index is 2.72. The van der Waals surface area contributed by atoms with E-state index in [1.165, 1.54) is 0 Å². The molecule has 88 valence electrons. The fraction of sp³-hybridized carbons (Fsp3) is 0. The van der Waals surface area contributed by atoms with Crippen molar-refractivity contribution >= 4 is 68.1 Å². The minimum absolute atomic E-state index is 2.72. The van der Waals surface area contributed by atoms with Crippen molar-refractivity contribution in [2.75, 3.05) is 0 Å². The maximum absolute atomic E-state index is 4.39. The molecular formula is C5H10Cl6Cu-5. The molecular weight excluding hydrogens is 336 g/mol. The predicted molar refractivity (Wildman–Crippen MR) is 61.9 cm³/mol. The molecule has 0 aromatic heterocycles. The van der Waals surface area contributed by atoms with Gasteiger partial charge < -0.3 is 58.0 Å². The summed E-state index contributed by atoms with van der Waals surface area (Å²) in [5.74, 6) is 0. The molecule has 0 radical (unpaired) electrons. The Labute approximate surface area is 114 Å². The summed E-state index contributed by atoms with van der Waals surface area (Å²) in [7, 11) is 4.20. The zero-order valence-electron chi connectivity index (χ0n) is 6.10. The molecule has 0 N–H and O–H groups in total. The van der Waals surface area contributed by atoms with Gasteiger partial charge in [0, 0.05) is 0 Å². The Balaban J connectivity index is -0.00000000900. The van der Waals surface area contributed by atoms with Crippen LogP contribution in [0.25, 0.3) is 0 Å². The molecule has 0 spiro atoms. The average molecular weight is 346 g/mol. The molecule has 0 aromatic rings. The van der Waals surface area contributed by atoms with Crippen molar-refractivity contribution in [3.8, 4) is 0 Å². The second-order valence-electron chi connectivity index (χ2n) is 0. The molecule has 0 atom stereocenters. The van der Waals surface area contributed by atoms with Crippen molar-refractivity contribution < 1.29 is 15.1 Å². The van der Waals surface area contributed by atoms with E-state index in [2.05, 4.69) is 115 Å². The van der Waals surface area contributed by atoms with E-state index >= 15 is 0 Å². The average Bonchev–Trinajstić information content (AvgIpc) is 2.33. The molecule has 0 amide bonds. The van der Waals surface area contributed by atoms with Crippen LogP contribution in [-0.4, -0.2) is 0 Å². The molecule has 7 heteroatoms. The topological polar surface area (TPSA) is 0 Å². The Bertz CT molecular complexity index is 15.9. The van der Waals surface area contributed by atoms with E-state index in [4.69, 9.17) is 0 Å². The SMILES string of the molecule is [CH2-]Cl.[CH2-]Cl.[CH2-]Cl.[CH2-]Cl.[CH2-]Cl.[Cl][Cu]. The molecule has 0 bridgehead atoms. The van der Waals surface area contributed by atoms with Crippen LogP contribution in [0.5, 0.6) is 0 Å². The number of halogens is 6. The van der Waals surface area contributed by atoms with Gasteiger partial charge in [-0.1, -0.05) is 0 Å². The van der Waals surface area contributed by atoms with Crippen molar-refractivity contribution in [1.29, 1.82) is 0 Å². The number of hydrogen-bond donors (Lipinski definition) is 0. The third kappa shape index (κ3) is 304.